The molecule has 1 amide bonds. The van der Waals surface area contributed by atoms with Gasteiger partial charge in [0, 0.05) is 11.4 Å². The monoisotopic (exact) mass is 310 g/mol. The third-order valence-corrected chi connectivity index (χ3v) is 4.64. The highest BCUT2D eigenvalue weighted by Crippen LogP contribution is 2.22. The van der Waals surface area contributed by atoms with Gasteiger partial charge < -0.3 is 15.8 Å². The molecule has 0 heterocycles. The second kappa shape index (κ2) is 8.29. The van der Waals surface area contributed by atoms with Crippen LogP contribution in [0.2, 0.25) is 0 Å². The molecule has 0 saturated heterocycles. The van der Waals surface area contributed by atoms with Crippen molar-refractivity contribution in [2.24, 2.45) is 11.7 Å². The number of hydrogen-bond donors (Lipinski definition) is 2. The molecule has 0 aromatic heterocycles. The van der Waals surface area contributed by atoms with E-state index in [-0.39, 0.29) is 11.4 Å². The van der Waals surface area contributed by atoms with E-state index in [4.69, 9.17) is 10.5 Å². The quantitative estimate of drug-likeness (QED) is 0.725. The number of thioether (sulfide) groups is 1. The lowest BCUT2D eigenvalue weighted by atomic mass is 9.88. The van der Waals surface area contributed by atoms with Crippen LogP contribution in [0.3, 0.4) is 0 Å². The summed E-state index contributed by atoms with van der Waals surface area (Å²) in [5.41, 5.74) is 5.42. The molecular formula is C16H26N2O2S. The molecule has 1 aromatic carbocycles. The fraction of sp³-hybridized carbons (Fsp3) is 0.562. The minimum absolute atomic E-state index is 0.00975. The van der Waals surface area contributed by atoms with E-state index < -0.39 is 0 Å². The molecule has 4 nitrogen and oxygen atoms in total. The van der Waals surface area contributed by atoms with E-state index in [0.29, 0.717) is 24.8 Å². The summed E-state index contributed by atoms with van der Waals surface area (Å²) in [6.07, 6.45) is 0. The van der Waals surface area contributed by atoms with Gasteiger partial charge in [0.2, 0.25) is 5.91 Å². The molecule has 0 aliphatic rings. The first-order chi connectivity index (χ1) is 9.91. The Morgan fingerprint density at radius 1 is 1.38 bits per heavy atom. The van der Waals surface area contributed by atoms with Crippen molar-refractivity contribution in [1.82, 2.24) is 5.32 Å². The van der Waals surface area contributed by atoms with Gasteiger partial charge in [-0.25, -0.2) is 0 Å². The fourth-order valence-corrected chi connectivity index (χ4v) is 2.43. The number of nitrogens with one attached hydrogen (secondary N) is 1. The van der Waals surface area contributed by atoms with Crippen molar-refractivity contribution in [2.45, 2.75) is 38.1 Å². The summed E-state index contributed by atoms with van der Waals surface area (Å²) in [6.45, 7) is 9.15. The van der Waals surface area contributed by atoms with E-state index in [1.165, 1.54) is 11.8 Å². The van der Waals surface area contributed by atoms with E-state index in [0.717, 1.165) is 10.6 Å². The molecule has 1 aromatic rings. The van der Waals surface area contributed by atoms with Crippen LogP contribution in [-0.2, 0) is 4.79 Å². The minimum atomic E-state index is -0.351. The van der Waals surface area contributed by atoms with E-state index in [9.17, 15) is 4.79 Å². The van der Waals surface area contributed by atoms with Crippen LogP contribution >= 0.6 is 11.8 Å². The first-order valence-corrected chi connectivity index (χ1v) is 8.26. The molecule has 0 fully saturated rings. The molecular weight excluding hydrogens is 284 g/mol. The van der Waals surface area contributed by atoms with Crippen LogP contribution in [0, 0.1) is 5.92 Å². The largest absolute Gasteiger partial charge is 0.494 e. The molecule has 0 spiro atoms. The number of amides is 1. The van der Waals surface area contributed by atoms with Gasteiger partial charge in [-0.15, -0.1) is 11.8 Å². The van der Waals surface area contributed by atoms with Crippen molar-refractivity contribution >= 4 is 17.7 Å². The Kier molecular flexibility index (Phi) is 7.05. The van der Waals surface area contributed by atoms with Crippen molar-refractivity contribution in [3.05, 3.63) is 24.3 Å². The van der Waals surface area contributed by atoms with E-state index in [1.54, 1.807) is 0 Å². The van der Waals surface area contributed by atoms with E-state index in [1.807, 2.05) is 38.1 Å². The topological polar surface area (TPSA) is 64.3 Å². The number of benzene rings is 1. The predicted octanol–water partition coefficient (Wildman–Crippen LogP) is 2.67. The van der Waals surface area contributed by atoms with Crippen LogP contribution < -0.4 is 15.8 Å². The Bertz CT molecular complexity index is 448. The van der Waals surface area contributed by atoms with Crippen LogP contribution in [0.15, 0.2) is 29.2 Å². The lowest BCUT2D eigenvalue weighted by Gasteiger charge is -2.33. The van der Waals surface area contributed by atoms with Crippen molar-refractivity contribution in [3.8, 4) is 5.75 Å². The first-order valence-electron chi connectivity index (χ1n) is 7.28. The Hall–Kier alpha value is -1.20. The van der Waals surface area contributed by atoms with Crippen molar-refractivity contribution in [1.29, 1.82) is 0 Å². The second-order valence-corrected chi connectivity index (χ2v) is 6.57. The molecule has 1 rings (SSSR count). The van der Waals surface area contributed by atoms with Gasteiger partial charge in [-0.1, -0.05) is 13.8 Å². The zero-order valence-corrected chi connectivity index (χ0v) is 14.1. The number of hydrogen-bond acceptors (Lipinski definition) is 4. The lowest BCUT2D eigenvalue weighted by molar-refractivity contribution is -0.120. The maximum absolute atomic E-state index is 12.1. The fourth-order valence-electron chi connectivity index (χ4n) is 1.73. The van der Waals surface area contributed by atoms with Crippen molar-refractivity contribution < 1.29 is 9.53 Å². The van der Waals surface area contributed by atoms with E-state index in [2.05, 4.69) is 19.2 Å². The Morgan fingerprint density at radius 2 is 2.00 bits per heavy atom. The second-order valence-electron chi connectivity index (χ2n) is 5.52. The zero-order chi connectivity index (χ0) is 15.9. The first kappa shape index (κ1) is 17.9. The highest BCUT2D eigenvalue weighted by molar-refractivity contribution is 8.00. The summed E-state index contributed by atoms with van der Waals surface area (Å²) in [6, 6.07) is 7.77. The van der Waals surface area contributed by atoms with Crippen LogP contribution in [0.4, 0.5) is 0 Å². The van der Waals surface area contributed by atoms with Gasteiger partial charge in [0.05, 0.1) is 17.9 Å². The third kappa shape index (κ3) is 5.59. The standard InChI is InChI=1S/C16H26N2O2S/c1-5-20-13-6-8-14(9-7-13)21-10-15(19)18-16(4,11-17)12(2)3/h6-9,12H,5,10-11,17H2,1-4H3,(H,18,19). The molecule has 1 unspecified atom stereocenters. The highest BCUT2D eigenvalue weighted by atomic mass is 32.2. The molecule has 0 saturated carbocycles. The summed E-state index contributed by atoms with van der Waals surface area (Å²) in [5.74, 6) is 1.54. The van der Waals surface area contributed by atoms with Crippen LogP contribution in [0.1, 0.15) is 27.7 Å². The van der Waals surface area contributed by atoms with Gasteiger partial charge >= 0.3 is 0 Å². The van der Waals surface area contributed by atoms with Crippen molar-refractivity contribution in [3.63, 3.8) is 0 Å². The van der Waals surface area contributed by atoms with E-state index >= 15 is 0 Å². The average Bonchev–Trinajstić information content (AvgIpc) is 2.46. The molecule has 3 N–H and O–H groups in total. The number of carbonyl (C=O) groups is 1. The predicted molar refractivity (Wildman–Crippen MR) is 88.8 cm³/mol. The maximum atomic E-state index is 12.1. The van der Waals surface area contributed by atoms with Crippen molar-refractivity contribution in [2.75, 3.05) is 18.9 Å². The molecule has 0 aliphatic carbocycles. The smallest absolute Gasteiger partial charge is 0.230 e. The Morgan fingerprint density at radius 3 is 2.48 bits per heavy atom. The minimum Gasteiger partial charge on any atom is -0.494 e. The normalized spacial score (nSPS) is 13.8. The number of carbonyl (C=O) groups excluding carboxylic acids is 1. The van der Waals surface area contributed by atoms with Gasteiger partial charge in [0.25, 0.3) is 0 Å². The van der Waals surface area contributed by atoms with Gasteiger partial charge in [-0.2, -0.15) is 0 Å². The van der Waals surface area contributed by atoms with Crippen LogP contribution in [-0.4, -0.2) is 30.4 Å². The molecule has 0 bridgehead atoms. The molecule has 118 valence electrons. The van der Waals surface area contributed by atoms with Gasteiger partial charge in [-0.3, -0.25) is 4.79 Å². The highest BCUT2D eigenvalue weighted by Gasteiger charge is 2.28. The zero-order valence-electron chi connectivity index (χ0n) is 13.3. The third-order valence-electron chi connectivity index (χ3n) is 3.63. The molecule has 0 radical (unpaired) electrons. The molecule has 1 atom stereocenters. The summed E-state index contributed by atoms with van der Waals surface area (Å²) in [4.78, 5) is 13.1. The summed E-state index contributed by atoms with van der Waals surface area (Å²) >= 11 is 1.51. The average molecular weight is 310 g/mol. The molecule has 21 heavy (non-hydrogen) atoms. The van der Waals surface area contributed by atoms with Gasteiger partial charge in [0.1, 0.15) is 5.75 Å². The summed E-state index contributed by atoms with van der Waals surface area (Å²) in [7, 11) is 0. The molecule has 0 aliphatic heterocycles. The summed E-state index contributed by atoms with van der Waals surface area (Å²) in [5, 5.41) is 3.03. The molecule has 5 heteroatoms. The Labute approximate surface area is 131 Å². The lowest BCUT2D eigenvalue weighted by Crippen LogP contribution is -2.55. The van der Waals surface area contributed by atoms with Crippen LogP contribution in [0.25, 0.3) is 0 Å². The van der Waals surface area contributed by atoms with Gasteiger partial charge in [0.15, 0.2) is 0 Å². The summed E-state index contributed by atoms with van der Waals surface area (Å²) < 4.78 is 5.39. The number of nitrogens with two attached hydrogens (primary N) is 1. The van der Waals surface area contributed by atoms with Crippen LogP contribution in [0.5, 0.6) is 5.75 Å². The number of rotatable bonds is 8. The maximum Gasteiger partial charge on any atom is 0.230 e. The van der Waals surface area contributed by atoms with Gasteiger partial charge in [-0.05, 0) is 44.0 Å². The SMILES string of the molecule is CCOc1ccc(SCC(=O)NC(C)(CN)C(C)C)cc1. The number of ether oxygens (including phenoxy) is 1. The Balaban J connectivity index is 2.49.